The Morgan fingerprint density at radius 1 is 1.70 bits per heavy atom. The molecule has 0 saturated carbocycles. The van der Waals surface area contributed by atoms with Crippen LogP contribution in [0.5, 0.6) is 0 Å². The van der Waals surface area contributed by atoms with E-state index in [1.807, 2.05) is 0 Å². The molecule has 0 saturated heterocycles. The summed E-state index contributed by atoms with van der Waals surface area (Å²) in [6.45, 7) is 0. The van der Waals surface area contributed by atoms with Gasteiger partial charge in [0.25, 0.3) is 0 Å². The average molecular weight is 166 g/mol. The molecule has 1 aliphatic rings. The summed E-state index contributed by atoms with van der Waals surface area (Å²) in [4.78, 5) is 10.1. The summed E-state index contributed by atoms with van der Waals surface area (Å²) in [6, 6.07) is 0. The molecule has 0 aromatic carbocycles. The van der Waals surface area contributed by atoms with Gasteiger partial charge in [-0.3, -0.25) is 0 Å². The van der Waals surface area contributed by atoms with Crippen LogP contribution in [0.4, 0.5) is 0 Å². The van der Waals surface area contributed by atoms with Gasteiger partial charge in [-0.05, 0) is 12.2 Å². The van der Waals surface area contributed by atoms with E-state index in [0.29, 0.717) is 0 Å². The fraction of sp³-hybridized carbons (Fsp3) is 0. The Bertz CT molecular complexity index is 187. The van der Waals surface area contributed by atoms with E-state index in [2.05, 4.69) is 0 Å². The summed E-state index contributed by atoms with van der Waals surface area (Å²) in [5.41, 5.74) is 0. The van der Waals surface area contributed by atoms with Gasteiger partial charge in [0.15, 0.2) is 0 Å². The molecule has 1 aliphatic heterocycles. The van der Waals surface area contributed by atoms with Crippen molar-refractivity contribution in [2.45, 2.75) is 0 Å². The van der Waals surface area contributed by atoms with E-state index in [1.165, 1.54) is 18.4 Å². The second-order valence-electron chi connectivity index (χ2n) is 1.42. The van der Waals surface area contributed by atoms with Crippen LogP contribution in [0.15, 0.2) is 23.7 Å². The zero-order valence-electron chi connectivity index (χ0n) is 5.46. The molecule has 0 N–H and O–H groups in total. The van der Waals surface area contributed by atoms with Gasteiger partial charge in [0.1, 0.15) is 8.81 Å². The van der Waals surface area contributed by atoms with Crippen LogP contribution >= 0.6 is 8.81 Å². The van der Waals surface area contributed by atoms with E-state index in [1.54, 1.807) is 0 Å². The third kappa shape index (κ3) is 2.84. The van der Waals surface area contributed by atoms with Crippen LogP contribution in [0.3, 0.4) is 0 Å². The van der Waals surface area contributed by atoms with E-state index in [-0.39, 0.29) is 43.7 Å². The topological polar surface area (TPSA) is 49.4 Å². The Labute approximate surface area is 82.3 Å². The molecule has 0 radical (unpaired) electrons. The normalized spacial score (nSPS) is 17.0. The van der Waals surface area contributed by atoms with Crippen LogP contribution in [-0.2, 0) is 9.32 Å². The Morgan fingerprint density at radius 3 is 2.70 bits per heavy atom. The van der Waals surface area contributed by atoms with E-state index in [0.717, 1.165) is 0 Å². The molecule has 0 aromatic rings. The molecule has 10 heavy (non-hydrogen) atoms. The number of allylic oxidation sites excluding steroid dienone is 2. The number of carboxylic acid groups (broad SMARTS) is 1. The first-order chi connectivity index (χ1) is 4.30. The van der Waals surface area contributed by atoms with Crippen LogP contribution in [0.1, 0.15) is 0 Å². The van der Waals surface area contributed by atoms with E-state index < -0.39 is 5.97 Å². The molecule has 0 bridgehead atoms. The van der Waals surface area contributed by atoms with E-state index >= 15 is 0 Å². The zero-order valence-corrected chi connectivity index (χ0v) is 8.46. The smallest absolute Gasteiger partial charge is 0.545 e. The monoisotopic (exact) mass is 166 g/mol. The summed E-state index contributed by atoms with van der Waals surface area (Å²) in [6.07, 6.45) is 4.45. The van der Waals surface area contributed by atoms with Crippen LogP contribution in [0, 0.1) is 0 Å². The van der Waals surface area contributed by atoms with Crippen molar-refractivity contribution >= 4 is 14.8 Å². The fourth-order valence-corrected chi connectivity index (χ4v) is 0.937. The average Bonchev–Trinajstić information content (AvgIpc) is 1.90. The van der Waals surface area contributed by atoms with Gasteiger partial charge in [-0.15, -0.1) is 0 Å². The standard InChI is InChI=1S/C5H5O3P.Na/c6-5(7)4-2-1-3-8-9-4;/h1-3,9H,(H,6,7);/q;+1/p-1. The number of carbonyl (C=O) groups excluding carboxylic acids is 1. The Kier molecular flexibility index (Phi) is 5.00. The second kappa shape index (κ2) is 4.91. The first-order valence-electron chi connectivity index (χ1n) is 2.30. The molecule has 5 heteroatoms. The molecule has 0 spiro atoms. The number of aliphatic carboxylic acids is 1. The largest absolute Gasteiger partial charge is 1.00 e. The maximum absolute atomic E-state index is 10.1. The number of hydrogen-bond donors (Lipinski definition) is 0. The van der Waals surface area contributed by atoms with Gasteiger partial charge in [0.2, 0.25) is 0 Å². The molecular weight excluding hydrogens is 162 g/mol. The quantitative estimate of drug-likeness (QED) is 0.304. The molecule has 0 aromatic heterocycles. The van der Waals surface area contributed by atoms with Gasteiger partial charge in [-0.25, -0.2) is 0 Å². The van der Waals surface area contributed by atoms with E-state index in [4.69, 9.17) is 4.52 Å². The summed E-state index contributed by atoms with van der Waals surface area (Å²) in [7, 11) is -0.115. The third-order valence-corrected chi connectivity index (χ3v) is 1.64. The van der Waals surface area contributed by atoms with Crippen LogP contribution < -0.4 is 34.7 Å². The molecule has 1 heterocycles. The second-order valence-corrected chi connectivity index (χ2v) is 2.39. The van der Waals surface area contributed by atoms with Crippen molar-refractivity contribution < 1.29 is 44.0 Å². The van der Waals surface area contributed by atoms with Crippen LogP contribution in [0.25, 0.3) is 0 Å². The minimum atomic E-state index is -1.15. The SMILES string of the molecule is O=C([O-])C1=CC=COP1.[Na+]. The minimum absolute atomic E-state index is 0. The predicted octanol–water partition coefficient (Wildman–Crippen LogP) is -3.24. The van der Waals surface area contributed by atoms with Crippen molar-refractivity contribution in [3.8, 4) is 0 Å². The first-order valence-corrected chi connectivity index (χ1v) is 3.21. The third-order valence-electron chi connectivity index (χ3n) is 0.798. The molecule has 1 unspecified atom stereocenters. The van der Waals surface area contributed by atoms with E-state index in [9.17, 15) is 9.90 Å². The maximum Gasteiger partial charge on any atom is 1.00 e. The van der Waals surface area contributed by atoms with Gasteiger partial charge in [-0.1, -0.05) is 0 Å². The van der Waals surface area contributed by atoms with Crippen molar-refractivity contribution in [2.24, 2.45) is 0 Å². The zero-order chi connectivity index (χ0) is 6.69. The molecule has 0 amide bonds. The van der Waals surface area contributed by atoms with Crippen molar-refractivity contribution in [3.63, 3.8) is 0 Å². The van der Waals surface area contributed by atoms with Crippen molar-refractivity contribution in [1.29, 1.82) is 0 Å². The molecule has 1 rings (SSSR count). The Morgan fingerprint density at radius 2 is 2.40 bits per heavy atom. The summed E-state index contributed by atoms with van der Waals surface area (Å²) in [5, 5.41) is 10.3. The molecule has 1 atom stereocenters. The van der Waals surface area contributed by atoms with Crippen LogP contribution in [0.2, 0.25) is 0 Å². The number of rotatable bonds is 1. The van der Waals surface area contributed by atoms with Gasteiger partial charge < -0.3 is 14.4 Å². The number of carbonyl (C=O) groups is 1. The van der Waals surface area contributed by atoms with Crippen molar-refractivity contribution in [2.75, 3.05) is 0 Å². The van der Waals surface area contributed by atoms with Gasteiger partial charge in [-0.2, -0.15) is 0 Å². The minimum Gasteiger partial charge on any atom is -0.545 e. The van der Waals surface area contributed by atoms with Crippen LogP contribution in [-0.4, -0.2) is 5.97 Å². The first kappa shape index (κ1) is 10.2. The number of carboxylic acids is 1. The Hall–Kier alpha value is 0.180. The summed E-state index contributed by atoms with van der Waals surface area (Å²) in [5.74, 6) is -1.15. The Balaban J connectivity index is 0.000000810. The molecule has 0 aliphatic carbocycles. The molecule has 0 fully saturated rings. The predicted molar refractivity (Wildman–Crippen MR) is 31.6 cm³/mol. The van der Waals surface area contributed by atoms with Crippen molar-refractivity contribution in [1.82, 2.24) is 0 Å². The molecule has 3 nitrogen and oxygen atoms in total. The van der Waals surface area contributed by atoms with Gasteiger partial charge >= 0.3 is 29.6 Å². The van der Waals surface area contributed by atoms with Gasteiger partial charge in [0.05, 0.1) is 12.2 Å². The molecule has 48 valence electrons. The maximum atomic E-state index is 10.1. The fourth-order valence-electron chi connectivity index (χ4n) is 0.416. The number of hydrogen-bond acceptors (Lipinski definition) is 3. The van der Waals surface area contributed by atoms with Gasteiger partial charge in [0, 0.05) is 5.31 Å². The molecular formula is C5H4NaO3P. The summed E-state index contributed by atoms with van der Waals surface area (Å²) < 4.78 is 4.70. The summed E-state index contributed by atoms with van der Waals surface area (Å²) >= 11 is 0. The van der Waals surface area contributed by atoms with Crippen molar-refractivity contribution in [3.05, 3.63) is 23.7 Å².